The van der Waals surface area contributed by atoms with Crippen molar-refractivity contribution in [3.8, 4) is 0 Å². The minimum Gasteiger partial charge on any atom is -0.323 e. The van der Waals surface area contributed by atoms with Gasteiger partial charge in [-0.1, -0.05) is 6.92 Å². The molecule has 0 amide bonds. The van der Waals surface area contributed by atoms with E-state index in [1.165, 1.54) is 6.92 Å². The topological polar surface area (TPSA) is 38.0 Å². The Morgan fingerprint density at radius 2 is 2.00 bits per heavy atom. The molecule has 1 aliphatic heterocycles. The smallest absolute Gasteiger partial charge is 0.243 e. The van der Waals surface area contributed by atoms with E-state index in [0.29, 0.717) is 13.1 Å². The Hall–Kier alpha value is -0.220. The summed E-state index contributed by atoms with van der Waals surface area (Å²) in [4.78, 5) is 0. The van der Waals surface area contributed by atoms with Gasteiger partial charge in [-0.15, -0.1) is 0 Å². The summed E-state index contributed by atoms with van der Waals surface area (Å²) in [5, 5.41) is 2.88. The van der Waals surface area contributed by atoms with Gasteiger partial charge in [0, 0.05) is 24.5 Å². The third-order valence-electron chi connectivity index (χ3n) is 2.19. The minimum atomic E-state index is -2.30. The molecule has 0 bridgehead atoms. The molecule has 60 valence electrons. The molecule has 10 heavy (non-hydrogen) atoms. The Balaban J connectivity index is 2.46. The van der Waals surface area contributed by atoms with Gasteiger partial charge < -0.3 is 11.1 Å². The molecule has 3 N–H and O–H groups in total. The summed E-state index contributed by atoms with van der Waals surface area (Å²) in [7, 11) is 0. The standard InChI is InChI=1S/C6H12F2N2/c1-4(5(7)8)6(9)2-10-3-6/h4-5,10H,2-3,9H2,1H3. The maximum absolute atomic E-state index is 12.0. The predicted octanol–water partition coefficient (Wildman–Crippen LogP) is 0.188. The van der Waals surface area contributed by atoms with Crippen molar-refractivity contribution in [2.75, 3.05) is 13.1 Å². The lowest BCUT2D eigenvalue weighted by molar-refractivity contribution is 0.0214. The number of hydrogen-bond acceptors (Lipinski definition) is 2. The summed E-state index contributed by atoms with van der Waals surface area (Å²) in [5.41, 5.74) is 4.95. The van der Waals surface area contributed by atoms with Crippen LogP contribution in [-0.2, 0) is 0 Å². The Bertz CT molecular complexity index is 123. The van der Waals surface area contributed by atoms with E-state index < -0.39 is 17.9 Å². The lowest BCUT2D eigenvalue weighted by Crippen LogP contribution is -2.70. The summed E-state index contributed by atoms with van der Waals surface area (Å²) in [6.45, 7) is 2.52. The first kappa shape index (κ1) is 7.88. The first-order chi connectivity index (χ1) is 4.56. The van der Waals surface area contributed by atoms with Crippen molar-refractivity contribution in [1.29, 1.82) is 0 Å². The summed E-state index contributed by atoms with van der Waals surface area (Å²) in [6.07, 6.45) is -2.30. The molecule has 1 fully saturated rings. The molecular weight excluding hydrogens is 138 g/mol. The second kappa shape index (κ2) is 2.43. The summed E-state index contributed by atoms with van der Waals surface area (Å²) < 4.78 is 24.1. The van der Waals surface area contributed by atoms with Crippen LogP contribution in [0.4, 0.5) is 8.78 Å². The van der Waals surface area contributed by atoms with Crippen molar-refractivity contribution in [3.63, 3.8) is 0 Å². The SMILES string of the molecule is CC(C(F)F)C1(N)CNC1. The van der Waals surface area contributed by atoms with Gasteiger partial charge in [0.2, 0.25) is 6.43 Å². The Kier molecular flexibility index (Phi) is 1.92. The highest BCUT2D eigenvalue weighted by molar-refractivity contribution is 5.01. The molecule has 0 saturated carbocycles. The molecule has 1 atom stereocenters. The van der Waals surface area contributed by atoms with Crippen molar-refractivity contribution in [3.05, 3.63) is 0 Å². The highest BCUT2D eigenvalue weighted by Crippen LogP contribution is 2.24. The van der Waals surface area contributed by atoms with Crippen LogP contribution in [-0.4, -0.2) is 25.1 Å². The molecule has 0 aliphatic carbocycles. The first-order valence-electron chi connectivity index (χ1n) is 3.34. The van der Waals surface area contributed by atoms with Crippen LogP contribution in [0.25, 0.3) is 0 Å². The molecular formula is C6H12F2N2. The molecule has 2 nitrogen and oxygen atoms in total. The zero-order chi connectivity index (χ0) is 7.78. The van der Waals surface area contributed by atoms with Crippen LogP contribution in [0.3, 0.4) is 0 Å². The number of nitrogens with one attached hydrogen (secondary N) is 1. The molecule has 1 heterocycles. The van der Waals surface area contributed by atoms with Crippen molar-refractivity contribution < 1.29 is 8.78 Å². The zero-order valence-corrected chi connectivity index (χ0v) is 5.90. The van der Waals surface area contributed by atoms with Gasteiger partial charge >= 0.3 is 0 Å². The van der Waals surface area contributed by atoms with E-state index in [1.54, 1.807) is 0 Å². The number of nitrogens with two attached hydrogens (primary N) is 1. The van der Waals surface area contributed by atoms with Crippen molar-refractivity contribution in [1.82, 2.24) is 5.32 Å². The average Bonchev–Trinajstić information content (AvgIpc) is 1.81. The Labute approximate surface area is 58.8 Å². The van der Waals surface area contributed by atoms with E-state index >= 15 is 0 Å². The van der Waals surface area contributed by atoms with E-state index in [1.807, 2.05) is 0 Å². The van der Waals surface area contributed by atoms with Crippen LogP contribution in [0.5, 0.6) is 0 Å². The van der Waals surface area contributed by atoms with Crippen LogP contribution >= 0.6 is 0 Å². The summed E-state index contributed by atoms with van der Waals surface area (Å²) >= 11 is 0. The highest BCUT2D eigenvalue weighted by atomic mass is 19.3. The van der Waals surface area contributed by atoms with Crippen LogP contribution < -0.4 is 11.1 Å². The van der Waals surface area contributed by atoms with Crippen molar-refractivity contribution in [2.45, 2.75) is 18.9 Å². The first-order valence-corrected chi connectivity index (χ1v) is 3.34. The van der Waals surface area contributed by atoms with Gasteiger partial charge in [-0.2, -0.15) is 0 Å². The van der Waals surface area contributed by atoms with Crippen molar-refractivity contribution >= 4 is 0 Å². The average molecular weight is 150 g/mol. The molecule has 0 aromatic rings. The number of halogens is 2. The van der Waals surface area contributed by atoms with E-state index in [0.717, 1.165) is 0 Å². The molecule has 0 spiro atoms. The van der Waals surface area contributed by atoms with E-state index in [4.69, 9.17) is 5.73 Å². The van der Waals surface area contributed by atoms with E-state index in [9.17, 15) is 8.78 Å². The second-order valence-electron chi connectivity index (χ2n) is 2.96. The number of alkyl halides is 2. The minimum absolute atomic E-state index is 0.512. The molecule has 0 aromatic heterocycles. The number of rotatable bonds is 2. The molecule has 1 unspecified atom stereocenters. The Morgan fingerprint density at radius 3 is 2.10 bits per heavy atom. The van der Waals surface area contributed by atoms with E-state index in [-0.39, 0.29) is 0 Å². The molecule has 0 aromatic carbocycles. The molecule has 1 saturated heterocycles. The van der Waals surface area contributed by atoms with Crippen LogP contribution in [0, 0.1) is 5.92 Å². The maximum atomic E-state index is 12.0. The quantitative estimate of drug-likeness (QED) is 0.589. The van der Waals surface area contributed by atoms with Crippen LogP contribution in [0.2, 0.25) is 0 Å². The maximum Gasteiger partial charge on any atom is 0.243 e. The van der Waals surface area contributed by atoms with Gasteiger partial charge in [0.05, 0.1) is 0 Å². The molecule has 0 radical (unpaired) electrons. The van der Waals surface area contributed by atoms with Crippen LogP contribution in [0.15, 0.2) is 0 Å². The van der Waals surface area contributed by atoms with Gasteiger partial charge in [-0.25, -0.2) is 8.78 Å². The van der Waals surface area contributed by atoms with Gasteiger partial charge in [-0.3, -0.25) is 0 Å². The molecule has 1 rings (SSSR count). The fraction of sp³-hybridized carbons (Fsp3) is 1.00. The molecule has 4 heteroatoms. The Morgan fingerprint density at radius 1 is 1.50 bits per heavy atom. The van der Waals surface area contributed by atoms with Crippen molar-refractivity contribution in [2.24, 2.45) is 11.7 Å². The zero-order valence-electron chi connectivity index (χ0n) is 5.90. The van der Waals surface area contributed by atoms with Gasteiger partial charge in [0.15, 0.2) is 0 Å². The highest BCUT2D eigenvalue weighted by Gasteiger charge is 2.42. The molecule has 1 aliphatic rings. The van der Waals surface area contributed by atoms with Gasteiger partial charge in [0.25, 0.3) is 0 Å². The van der Waals surface area contributed by atoms with Crippen LogP contribution in [0.1, 0.15) is 6.92 Å². The normalized spacial score (nSPS) is 26.1. The summed E-state index contributed by atoms with van der Waals surface area (Å²) in [5.74, 6) is -0.700. The largest absolute Gasteiger partial charge is 0.323 e. The monoisotopic (exact) mass is 150 g/mol. The fourth-order valence-electron chi connectivity index (χ4n) is 0.987. The lowest BCUT2D eigenvalue weighted by atomic mass is 9.81. The second-order valence-corrected chi connectivity index (χ2v) is 2.96. The van der Waals surface area contributed by atoms with Gasteiger partial charge in [-0.05, 0) is 0 Å². The number of hydrogen-bond donors (Lipinski definition) is 2. The fourth-order valence-corrected chi connectivity index (χ4v) is 0.987. The summed E-state index contributed by atoms with van der Waals surface area (Å²) in [6, 6.07) is 0. The third kappa shape index (κ3) is 1.13. The van der Waals surface area contributed by atoms with E-state index in [2.05, 4.69) is 5.32 Å². The van der Waals surface area contributed by atoms with Gasteiger partial charge in [0.1, 0.15) is 0 Å². The predicted molar refractivity (Wildman–Crippen MR) is 35.0 cm³/mol. The third-order valence-corrected chi connectivity index (χ3v) is 2.19. The lowest BCUT2D eigenvalue weighted by Gasteiger charge is -2.43.